The van der Waals surface area contributed by atoms with Gasteiger partial charge in [0.1, 0.15) is 0 Å². The molecule has 1 aliphatic carbocycles. The van der Waals surface area contributed by atoms with Crippen molar-refractivity contribution >= 4 is 17.7 Å². The summed E-state index contributed by atoms with van der Waals surface area (Å²) in [5.41, 5.74) is 0.800. The van der Waals surface area contributed by atoms with Gasteiger partial charge >= 0.3 is 5.69 Å². The van der Waals surface area contributed by atoms with Crippen LogP contribution in [0.15, 0.2) is 40.3 Å². The molecular weight excluding hydrogens is 360 g/mol. The van der Waals surface area contributed by atoms with E-state index in [4.69, 9.17) is 0 Å². The fourth-order valence-corrected chi connectivity index (χ4v) is 5.29. The van der Waals surface area contributed by atoms with Gasteiger partial charge in [0.05, 0.1) is 12.3 Å². The first-order valence-electron chi connectivity index (χ1n) is 9.84. The predicted molar refractivity (Wildman–Crippen MR) is 106 cm³/mol. The smallest absolute Gasteiger partial charge is 0.339 e. The van der Waals surface area contributed by atoms with Crippen LogP contribution >= 0.6 is 11.8 Å². The zero-order valence-corrected chi connectivity index (χ0v) is 16.3. The van der Waals surface area contributed by atoms with Gasteiger partial charge in [0.25, 0.3) is 0 Å². The number of amides is 1. The second-order valence-electron chi connectivity index (χ2n) is 7.51. The minimum Gasteiger partial charge on any atom is -0.339 e. The van der Waals surface area contributed by atoms with Crippen molar-refractivity contribution in [1.29, 1.82) is 0 Å². The largest absolute Gasteiger partial charge is 0.344 e. The van der Waals surface area contributed by atoms with Crippen LogP contribution in [0.2, 0.25) is 0 Å². The summed E-state index contributed by atoms with van der Waals surface area (Å²) in [7, 11) is 0. The number of benzene rings is 1. The van der Waals surface area contributed by atoms with Crippen molar-refractivity contribution in [2.45, 2.75) is 56.3 Å². The second-order valence-corrected chi connectivity index (χ2v) is 8.46. The van der Waals surface area contributed by atoms with Gasteiger partial charge in [-0.1, -0.05) is 54.9 Å². The molecule has 6 nitrogen and oxygen atoms in total. The maximum Gasteiger partial charge on any atom is 0.344 e. The van der Waals surface area contributed by atoms with E-state index >= 15 is 0 Å². The molecule has 2 aromatic rings. The number of hydrogen-bond acceptors (Lipinski definition) is 4. The minimum atomic E-state index is -0.237. The number of rotatable bonds is 5. The maximum atomic E-state index is 12.9. The molecule has 1 amide bonds. The third kappa shape index (κ3) is 4.13. The van der Waals surface area contributed by atoms with Crippen LogP contribution in [0.5, 0.6) is 0 Å². The molecule has 0 unspecified atom stereocenters. The van der Waals surface area contributed by atoms with Crippen molar-refractivity contribution in [2.75, 3.05) is 12.3 Å². The van der Waals surface area contributed by atoms with Crippen LogP contribution in [0, 0.1) is 5.92 Å². The maximum absolute atomic E-state index is 12.9. The van der Waals surface area contributed by atoms with E-state index in [0.29, 0.717) is 29.4 Å². The van der Waals surface area contributed by atoms with E-state index in [0.717, 1.165) is 24.9 Å². The Morgan fingerprint density at radius 1 is 1.15 bits per heavy atom. The summed E-state index contributed by atoms with van der Waals surface area (Å²) >= 11 is 1.36. The molecule has 2 atom stereocenters. The van der Waals surface area contributed by atoms with Crippen molar-refractivity contribution in [3.8, 4) is 0 Å². The van der Waals surface area contributed by atoms with Crippen LogP contribution in [-0.4, -0.2) is 43.9 Å². The molecule has 1 aromatic heterocycles. The number of hydrogen-bond donors (Lipinski definition) is 1. The lowest BCUT2D eigenvalue weighted by molar-refractivity contribution is -0.134. The highest BCUT2D eigenvalue weighted by Crippen LogP contribution is 2.35. The Balaban J connectivity index is 1.41. The molecule has 0 bridgehead atoms. The molecule has 0 radical (unpaired) electrons. The Hall–Kier alpha value is -2.02. The van der Waals surface area contributed by atoms with Gasteiger partial charge in [-0.15, -0.1) is 5.10 Å². The molecule has 7 heteroatoms. The molecule has 2 fully saturated rings. The normalized spacial score (nSPS) is 22.4. The number of aromatic amines is 1. The molecule has 1 aromatic carbocycles. The van der Waals surface area contributed by atoms with Crippen LogP contribution in [0.25, 0.3) is 0 Å². The minimum absolute atomic E-state index is 0.179. The van der Waals surface area contributed by atoms with E-state index in [1.165, 1.54) is 37.4 Å². The van der Waals surface area contributed by atoms with Gasteiger partial charge in [0.2, 0.25) is 5.91 Å². The fraction of sp³-hybridized carbons (Fsp3) is 0.550. The Kier molecular flexibility index (Phi) is 5.66. The molecule has 1 aliphatic heterocycles. The monoisotopic (exact) mass is 386 g/mol. The first kappa shape index (κ1) is 18.3. The van der Waals surface area contributed by atoms with Crippen molar-refractivity contribution in [1.82, 2.24) is 19.7 Å². The third-order valence-corrected chi connectivity index (χ3v) is 6.76. The number of thioether (sulfide) groups is 1. The summed E-state index contributed by atoms with van der Waals surface area (Å²) in [4.78, 5) is 27.1. The number of carbonyl (C=O) groups is 1. The van der Waals surface area contributed by atoms with Crippen LogP contribution < -0.4 is 5.69 Å². The zero-order valence-electron chi connectivity index (χ0n) is 15.5. The third-order valence-electron chi connectivity index (χ3n) is 5.80. The van der Waals surface area contributed by atoms with Crippen molar-refractivity contribution in [3.05, 3.63) is 46.4 Å². The molecule has 27 heavy (non-hydrogen) atoms. The number of aromatic nitrogens is 3. The number of likely N-dealkylation sites (tertiary alicyclic amines) is 1. The van der Waals surface area contributed by atoms with Gasteiger partial charge in [-0.2, -0.15) is 0 Å². The lowest BCUT2D eigenvalue weighted by atomic mass is 9.78. The molecule has 1 saturated carbocycles. The van der Waals surface area contributed by atoms with Crippen LogP contribution in [-0.2, 0) is 11.3 Å². The molecular formula is C20H26N4O2S. The molecule has 1 saturated heterocycles. The SMILES string of the molecule is O=C(CSc1n[nH]c(=O)n1Cc1ccccc1)N1CCC[C@H]2CCCC[C@@H]21. The van der Waals surface area contributed by atoms with E-state index in [-0.39, 0.29) is 11.6 Å². The Labute approximate surface area is 163 Å². The summed E-state index contributed by atoms with van der Waals surface area (Å²) < 4.78 is 1.60. The number of H-pyrrole nitrogens is 1. The average Bonchev–Trinajstić information content (AvgIpc) is 3.06. The predicted octanol–water partition coefficient (Wildman–Crippen LogP) is 2.89. The molecule has 144 valence electrons. The first-order chi connectivity index (χ1) is 13.2. The lowest BCUT2D eigenvalue weighted by Gasteiger charge is -2.44. The number of nitrogens with one attached hydrogen (secondary N) is 1. The highest BCUT2D eigenvalue weighted by molar-refractivity contribution is 7.99. The molecule has 0 spiro atoms. The van der Waals surface area contributed by atoms with Gasteiger partial charge in [0.15, 0.2) is 5.16 Å². The summed E-state index contributed by atoms with van der Waals surface area (Å²) in [6.45, 7) is 1.33. The van der Waals surface area contributed by atoms with Gasteiger partial charge in [-0.25, -0.2) is 9.89 Å². The topological polar surface area (TPSA) is 71.0 Å². The highest BCUT2D eigenvalue weighted by atomic mass is 32.2. The Morgan fingerprint density at radius 3 is 2.78 bits per heavy atom. The van der Waals surface area contributed by atoms with E-state index in [9.17, 15) is 9.59 Å². The van der Waals surface area contributed by atoms with E-state index in [1.54, 1.807) is 4.57 Å². The highest BCUT2D eigenvalue weighted by Gasteiger charge is 2.35. The second kappa shape index (κ2) is 8.33. The van der Waals surface area contributed by atoms with Crippen LogP contribution in [0.3, 0.4) is 0 Å². The molecule has 4 rings (SSSR count). The van der Waals surface area contributed by atoms with Crippen molar-refractivity contribution in [3.63, 3.8) is 0 Å². The molecule has 2 heterocycles. The van der Waals surface area contributed by atoms with Gasteiger partial charge in [0, 0.05) is 12.6 Å². The van der Waals surface area contributed by atoms with E-state index in [1.807, 2.05) is 30.3 Å². The Bertz CT molecular complexity index is 830. The van der Waals surface area contributed by atoms with Gasteiger partial charge < -0.3 is 4.90 Å². The van der Waals surface area contributed by atoms with Crippen LogP contribution in [0.4, 0.5) is 0 Å². The lowest BCUT2D eigenvalue weighted by Crippen LogP contribution is -2.50. The molecule has 1 N–H and O–H groups in total. The quantitative estimate of drug-likeness (QED) is 0.802. The van der Waals surface area contributed by atoms with Crippen molar-refractivity contribution < 1.29 is 4.79 Å². The van der Waals surface area contributed by atoms with Gasteiger partial charge in [-0.05, 0) is 37.2 Å². The Morgan fingerprint density at radius 2 is 1.93 bits per heavy atom. The summed E-state index contributed by atoms with van der Waals surface area (Å²) in [6.07, 6.45) is 7.31. The van der Waals surface area contributed by atoms with E-state index < -0.39 is 0 Å². The number of fused-ring (bicyclic) bond motifs is 1. The molecule has 2 aliphatic rings. The number of piperidine rings is 1. The summed E-state index contributed by atoms with van der Waals surface area (Å²) in [5, 5.41) is 7.22. The zero-order chi connectivity index (χ0) is 18.6. The van der Waals surface area contributed by atoms with E-state index in [2.05, 4.69) is 15.1 Å². The average molecular weight is 387 g/mol. The van der Waals surface area contributed by atoms with Crippen LogP contribution in [0.1, 0.15) is 44.1 Å². The number of carbonyl (C=O) groups excluding carboxylic acids is 1. The fourth-order valence-electron chi connectivity index (χ4n) is 4.46. The van der Waals surface area contributed by atoms with Gasteiger partial charge in [-0.3, -0.25) is 9.36 Å². The summed E-state index contributed by atoms with van der Waals surface area (Å²) in [5.74, 6) is 1.20. The van der Waals surface area contributed by atoms with Crippen molar-refractivity contribution in [2.24, 2.45) is 5.92 Å². The standard InChI is InChI=1S/C20H26N4O2S/c25-18(23-12-6-10-16-9-4-5-11-17(16)23)14-27-20-22-21-19(26)24(20)13-15-7-2-1-3-8-15/h1-3,7-8,16-17H,4-6,9-14H2,(H,21,26)/t16-,17+/m1/s1. The number of nitrogens with zero attached hydrogens (tertiary/aromatic N) is 3. The first-order valence-corrected chi connectivity index (χ1v) is 10.8. The summed E-state index contributed by atoms with van der Waals surface area (Å²) in [6, 6.07) is 10.2.